The van der Waals surface area contributed by atoms with E-state index in [-0.39, 0.29) is 11.8 Å². The summed E-state index contributed by atoms with van der Waals surface area (Å²) in [5, 5.41) is 0. The van der Waals surface area contributed by atoms with E-state index in [9.17, 15) is 17.6 Å². The van der Waals surface area contributed by atoms with Crippen LogP contribution in [0.2, 0.25) is 0 Å². The van der Waals surface area contributed by atoms with Crippen molar-refractivity contribution in [3.63, 3.8) is 0 Å². The van der Waals surface area contributed by atoms with Crippen molar-refractivity contribution in [1.29, 1.82) is 0 Å². The Hall–Kier alpha value is -0.800. The minimum absolute atomic E-state index is 0.149. The third-order valence-electron chi connectivity index (χ3n) is 12.7. The number of unbranched alkanes of at least 4 members (excludes halogenated alkanes) is 7. The van der Waals surface area contributed by atoms with E-state index in [2.05, 4.69) is 13.8 Å². The summed E-state index contributed by atoms with van der Waals surface area (Å²) >= 11 is 0. The molecule has 4 fully saturated rings. The largest absolute Gasteiger partial charge is 0.266 e. The first-order valence-electron chi connectivity index (χ1n) is 19.9. The van der Waals surface area contributed by atoms with Gasteiger partial charge in [0.2, 0.25) is 0 Å². The van der Waals surface area contributed by atoms with Gasteiger partial charge in [0.05, 0.1) is 0 Å². The third-order valence-corrected chi connectivity index (χ3v) is 12.7. The van der Waals surface area contributed by atoms with E-state index < -0.39 is 12.2 Å². The van der Waals surface area contributed by atoms with E-state index >= 15 is 0 Å². The van der Waals surface area contributed by atoms with Crippen LogP contribution in [-0.4, -0.2) is 0 Å². The topological polar surface area (TPSA) is 0 Å². The lowest BCUT2D eigenvalue weighted by molar-refractivity contribution is 0.150. The van der Waals surface area contributed by atoms with E-state index in [1.54, 1.807) is 0 Å². The van der Waals surface area contributed by atoms with Crippen molar-refractivity contribution < 1.29 is 17.6 Å². The van der Waals surface area contributed by atoms with Gasteiger partial charge in [0, 0.05) is 0 Å². The highest BCUT2D eigenvalue weighted by Gasteiger charge is 2.31. The molecule has 0 unspecified atom stereocenters. The summed E-state index contributed by atoms with van der Waals surface area (Å²) in [6.07, 6.45) is 34.9. The third kappa shape index (κ3) is 15.8. The van der Waals surface area contributed by atoms with Gasteiger partial charge < -0.3 is 0 Å². The molecule has 0 aliphatic heterocycles. The Kier molecular flexibility index (Phi) is 19.5. The van der Waals surface area contributed by atoms with Crippen LogP contribution in [0.1, 0.15) is 187 Å². The molecule has 0 aromatic rings. The number of halogens is 4. The molecule has 0 nitrogen and oxygen atoms in total. The summed E-state index contributed by atoms with van der Waals surface area (Å²) < 4.78 is 49.3. The van der Waals surface area contributed by atoms with Crippen molar-refractivity contribution in [3.8, 4) is 0 Å². The smallest absolute Gasteiger partial charge is 0.174 e. The molecule has 4 heteroatoms. The predicted molar refractivity (Wildman–Crippen MR) is 185 cm³/mol. The molecular weight excluding hydrogens is 568 g/mol. The Labute approximate surface area is 276 Å². The maximum atomic E-state index is 12.3. The highest BCUT2D eigenvalue weighted by molar-refractivity contribution is 4.93. The van der Waals surface area contributed by atoms with Gasteiger partial charge >= 0.3 is 0 Å². The molecule has 4 saturated carbocycles. The van der Waals surface area contributed by atoms with Gasteiger partial charge in [-0.2, -0.15) is 17.6 Å². The van der Waals surface area contributed by atoms with Crippen molar-refractivity contribution in [3.05, 3.63) is 24.3 Å². The lowest BCUT2D eigenvalue weighted by Gasteiger charge is -2.37. The summed E-state index contributed by atoms with van der Waals surface area (Å²) in [6.45, 7) is 4.55. The van der Waals surface area contributed by atoms with Gasteiger partial charge in [-0.3, -0.25) is 0 Å². The van der Waals surface area contributed by atoms with Crippen molar-refractivity contribution in [2.45, 2.75) is 187 Å². The summed E-state index contributed by atoms with van der Waals surface area (Å²) in [6, 6.07) is 0. The van der Waals surface area contributed by atoms with Crippen molar-refractivity contribution >= 4 is 0 Å². The molecule has 0 atom stereocenters. The van der Waals surface area contributed by atoms with Crippen LogP contribution in [0.25, 0.3) is 0 Å². The van der Waals surface area contributed by atoms with Gasteiger partial charge in [0.1, 0.15) is 0 Å². The molecule has 4 aliphatic carbocycles. The second-order valence-corrected chi connectivity index (χ2v) is 15.9. The van der Waals surface area contributed by atoms with Crippen molar-refractivity contribution in [2.24, 2.45) is 47.3 Å². The van der Waals surface area contributed by atoms with Crippen LogP contribution in [0.5, 0.6) is 0 Å². The molecule has 0 spiro atoms. The molecule has 0 aromatic carbocycles. The van der Waals surface area contributed by atoms with E-state index in [0.717, 1.165) is 61.2 Å². The molecule has 0 N–H and O–H groups in total. The second-order valence-electron chi connectivity index (χ2n) is 15.9. The fraction of sp³-hybridized carbons (Fsp3) is 0.902. The quantitative estimate of drug-likeness (QED) is 0.124. The summed E-state index contributed by atoms with van der Waals surface area (Å²) in [5.41, 5.74) is 0. The first-order valence-corrected chi connectivity index (χ1v) is 19.9. The van der Waals surface area contributed by atoms with Gasteiger partial charge in [0.15, 0.2) is 0 Å². The van der Waals surface area contributed by atoms with Gasteiger partial charge in [-0.1, -0.05) is 110 Å². The second kappa shape index (κ2) is 22.7. The average Bonchev–Trinajstić information content (AvgIpc) is 3.04. The Morgan fingerprint density at radius 3 is 1.00 bits per heavy atom. The molecule has 45 heavy (non-hydrogen) atoms. The Balaban J connectivity index is 0.000000246. The van der Waals surface area contributed by atoms with Gasteiger partial charge in [-0.05, 0) is 137 Å². The molecule has 262 valence electrons. The Bertz CT molecular complexity index is 780. The highest BCUT2D eigenvalue weighted by Crippen LogP contribution is 2.44. The zero-order chi connectivity index (χ0) is 32.3. The molecule has 0 amide bonds. The molecule has 4 rings (SSSR count). The summed E-state index contributed by atoms with van der Waals surface area (Å²) in [4.78, 5) is 0. The van der Waals surface area contributed by atoms with Crippen LogP contribution in [0.15, 0.2) is 24.3 Å². The fourth-order valence-corrected chi connectivity index (χ4v) is 9.72. The molecular formula is C41H70F4. The fourth-order valence-electron chi connectivity index (χ4n) is 9.72. The Morgan fingerprint density at radius 2 is 0.689 bits per heavy atom. The first-order chi connectivity index (χ1) is 21.9. The van der Waals surface area contributed by atoms with E-state index in [0.29, 0.717) is 0 Å². The molecule has 0 radical (unpaired) electrons. The van der Waals surface area contributed by atoms with E-state index in [1.165, 1.54) is 160 Å². The van der Waals surface area contributed by atoms with Crippen LogP contribution < -0.4 is 0 Å². The van der Waals surface area contributed by atoms with Crippen LogP contribution >= 0.6 is 0 Å². The molecule has 4 aliphatic rings. The SMILES string of the molecule is CCCCCCC1CCC(C2CCC(C=C(F)F)CC2)CC1.CCCCCCCC1CCC(C2CCC(C=C(F)F)CC2)CC1. The molecule has 0 bridgehead atoms. The zero-order valence-electron chi connectivity index (χ0n) is 29.4. The van der Waals surface area contributed by atoms with Gasteiger partial charge in [-0.25, -0.2) is 0 Å². The van der Waals surface area contributed by atoms with E-state index in [4.69, 9.17) is 0 Å². The standard InChI is InChI=1S/C21H36F2.C20H34F2/c1-2-3-4-5-6-7-17-8-12-19(13-9-17)20-14-10-18(11-15-20)16-21(22)23;1-2-3-4-5-6-16-7-11-18(12-8-16)19-13-9-17(10-14-19)15-20(21)22/h16-20H,2-15H2,1H3;15-19H,2-14H2,1H3. The highest BCUT2D eigenvalue weighted by atomic mass is 19.3. The number of allylic oxidation sites excluding steroid dienone is 2. The summed E-state index contributed by atoms with van der Waals surface area (Å²) in [5.74, 6) is 5.70. The lowest BCUT2D eigenvalue weighted by atomic mass is 9.68. The first kappa shape index (κ1) is 38.6. The maximum Gasteiger partial charge on any atom is 0.266 e. The minimum Gasteiger partial charge on any atom is -0.174 e. The zero-order valence-corrected chi connectivity index (χ0v) is 29.4. The predicted octanol–water partition coefficient (Wildman–Crippen LogP) is 15.1. The van der Waals surface area contributed by atoms with Crippen LogP contribution in [0, 0.1) is 47.3 Å². The maximum absolute atomic E-state index is 12.3. The monoisotopic (exact) mass is 639 g/mol. The molecule has 0 aromatic heterocycles. The van der Waals surface area contributed by atoms with Crippen molar-refractivity contribution in [2.75, 3.05) is 0 Å². The number of hydrogen-bond acceptors (Lipinski definition) is 0. The summed E-state index contributed by atoms with van der Waals surface area (Å²) in [7, 11) is 0. The van der Waals surface area contributed by atoms with Gasteiger partial charge in [-0.15, -0.1) is 0 Å². The van der Waals surface area contributed by atoms with Crippen LogP contribution in [0.3, 0.4) is 0 Å². The normalized spacial score (nSPS) is 32.2. The number of rotatable bonds is 15. The average molecular weight is 639 g/mol. The molecule has 0 saturated heterocycles. The van der Waals surface area contributed by atoms with Crippen molar-refractivity contribution in [1.82, 2.24) is 0 Å². The lowest BCUT2D eigenvalue weighted by Crippen LogP contribution is -2.25. The van der Waals surface area contributed by atoms with Gasteiger partial charge in [0.25, 0.3) is 12.2 Å². The van der Waals surface area contributed by atoms with E-state index in [1.807, 2.05) is 0 Å². The van der Waals surface area contributed by atoms with Crippen LogP contribution in [0.4, 0.5) is 17.6 Å². The van der Waals surface area contributed by atoms with Crippen LogP contribution in [-0.2, 0) is 0 Å². The number of hydrogen-bond donors (Lipinski definition) is 0. The minimum atomic E-state index is -1.48. The Morgan fingerprint density at radius 1 is 0.400 bits per heavy atom. The molecule has 0 heterocycles.